The number of aliphatic carboxylic acids is 1. The lowest BCUT2D eigenvalue weighted by Crippen LogP contribution is -2.52. The molecule has 0 radical (unpaired) electrons. The Morgan fingerprint density at radius 3 is 2.24 bits per heavy atom. The Labute approximate surface area is 103 Å². The minimum absolute atomic E-state index is 0.126. The van der Waals surface area contributed by atoms with Gasteiger partial charge < -0.3 is 5.11 Å². The first-order chi connectivity index (χ1) is 7.77. The summed E-state index contributed by atoms with van der Waals surface area (Å²) in [6, 6.07) is 0. The van der Waals surface area contributed by atoms with Gasteiger partial charge in [-0.3, -0.25) is 4.79 Å². The minimum Gasteiger partial charge on any atom is -0.481 e. The van der Waals surface area contributed by atoms with Crippen molar-refractivity contribution in [2.75, 3.05) is 0 Å². The van der Waals surface area contributed by atoms with Gasteiger partial charge >= 0.3 is 5.97 Å². The summed E-state index contributed by atoms with van der Waals surface area (Å²) in [7, 11) is -3.42. The number of hydrogen-bond donors (Lipinski definition) is 2. The molecule has 0 spiro atoms. The first-order valence-corrected chi connectivity index (χ1v) is 7.57. The third kappa shape index (κ3) is 3.96. The van der Waals surface area contributed by atoms with Gasteiger partial charge in [-0.25, -0.2) is 13.1 Å². The number of nitrogens with one attached hydrogen (secondary N) is 1. The maximum atomic E-state index is 11.9. The Hall–Kier alpha value is -0.620. The number of carboxylic acids is 1. The first-order valence-electron chi connectivity index (χ1n) is 6.02. The molecule has 0 saturated heterocycles. The summed E-state index contributed by atoms with van der Waals surface area (Å²) in [5, 5.41) is 8.40. The molecule has 0 atom stereocenters. The van der Waals surface area contributed by atoms with Gasteiger partial charge in [-0.15, -0.1) is 0 Å². The minimum atomic E-state index is -3.42. The van der Waals surface area contributed by atoms with E-state index in [1.807, 2.05) is 0 Å². The number of carboxylic acid groups (broad SMARTS) is 1. The Balaban J connectivity index is 2.87. The van der Waals surface area contributed by atoms with E-state index in [-0.39, 0.29) is 6.42 Å². The molecule has 0 amide bonds. The highest BCUT2D eigenvalue weighted by Gasteiger charge is 2.38. The molecule has 0 heterocycles. The molecule has 0 aliphatic heterocycles. The highest BCUT2D eigenvalue weighted by Crippen LogP contribution is 2.32. The lowest BCUT2D eigenvalue weighted by Gasteiger charge is -2.37. The van der Waals surface area contributed by atoms with E-state index in [1.165, 1.54) is 0 Å². The molecule has 6 heteroatoms. The van der Waals surface area contributed by atoms with E-state index in [1.54, 1.807) is 13.8 Å². The fourth-order valence-corrected chi connectivity index (χ4v) is 3.37. The molecule has 0 bridgehead atoms. The summed E-state index contributed by atoms with van der Waals surface area (Å²) in [5.41, 5.74) is -0.771. The molecular weight excluding hydrogens is 242 g/mol. The molecule has 1 rings (SSSR count). The number of hydrogen-bond acceptors (Lipinski definition) is 3. The van der Waals surface area contributed by atoms with E-state index in [2.05, 4.69) is 4.72 Å². The lowest BCUT2D eigenvalue weighted by atomic mass is 9.80. The van der Waals surface area contributed by atoms with Crippen molar-refractivity contribution >= 4 is 16.0 Å². The summed E-state index contributed by atoms with van der Waals surface area (Å²) in [5.74, 6) is -0.946. The van der Waals surface area contributed by atoms with E-state index in [0.717, 1.165) is 19.3 Å². The van der Waals surface area contributed by atoms with Gasteiger partial charge in [0, 0.05) is 5.54 Å². The summed E-state index contributed by atoms with van der Waals surface area (Å²) < 4.78 is 26.4. The highest BCUT2D eigenvalue weighted by atomic mass is 32.2. The monoisotopic (exact) mass is 263 g/mol. The van der Waals surface area contributed by atoms with Gasteiger partial charge in [0.15, 0.2) is 0 Å². The van der Waals surface area contributed by atoms with E-state index in [9.17, 15) is 13.2 Å². The van der Waals surface area contributed by atoms with Crippen LogP contribution in [0.15, 0.2) is 0 Å². The average molecular weight is 263 g/mol. The molecule has 0 unspecified atom stereocenters. The topological polar surface area (TPSA) is 83.5 Å². The molecule has 1 aliphatic carbocycles. The maximum absolute atomic E-state index is 11.9. The van der Waals surface area contributed by atoms with Gasteiger partial charge in [-0.05, 0) is 26.7 Å². The van der Waals surface area contributed by atoms with E-state index < -0.39 is 26.8 Å². The van der Waals surface area contributed by atoms with Crippen LogP contribution in [0.2, 0.25) is 0 Å². The lowest BCUT2D eigenvalue weighted by molar-refractivity contribution is -0.138. The molecular formula is C11H21NO4S. The zero-order valence-corrected chi connectivity index (χ0v) is 11.2. The first kappa shape index (κ1) is 14.4. The molecule has 100 valence electrons. The summed E-state index contributed by atoms with van der Waals surface area (Å²) in [4.78, 5) is 10.9. The van der Waals surface area contributed by atoms with Crippen LogP contribution < -0.4 is 4.72 Å². The standard InChI is InChI=1S/C11H21NO4S/c1-9(2)17(15,16)12-11(8-10(13)14)6-4-3-5-7-11/h9,12H,3-8H2,1-2H3,(H,13,14). The maximum Gasteiger partial charge on any atom is 0.305 e. The quantitative estimate of drug-likeness (QED) is 0.787. The highest BCUT2D eigenvalue weighted by molar-refractivity contribution is 7.90. The molecule has 17 heavy (non-hydrogen) atoms. The Morgan fingerprint density at radius 1 is 1.29 bits per heavy atom. The SMILES string of the molecule is CC(C)S(=O)(=O)NC1(CC(=O)O)CCCCC1. The molecule has 1 fully saturated rings. The second-order valence-corrected chi connectivity index (χ2v) is 7.34. The molecule has 2 N–H and O–H groups in total. The largest absolute Gasteiger partial charge is 0.481 e. The van der Waals surface area contributed by atoms with Crippen LogP contribution in [0.25, 0.3) is 0 Å². The van der Waals surface area contributed by atoms with E-state index in [4.69, 9.17) is 5.11 Å². The van der Waals surface area contributed by atoms with Crippen LogP contribution in [0.3, 0.4) is 0 Å². The fourth-order valence-electron chi connectivity index (χ4n) is 2.25. The molecule has 0 aromatic rings. The van der Waals surface area contributed by atoms with Gasteiger partial charge in [0.2, 0.25) is 10.0 Å². The van der Waals surface area contributed by atoms with Gasteiger partial charge in [-0.1, -0.05) is 19.3 Å². The van der Waals surface area contributed by atoms with E-state index >= 15 is 0 Å². The zero-order chi connectivity index (χ0) is 13.1. The normalized spacial score (nSPS) is 20.4. The van der Waals surface area contributed by atoms with Crippen LogP contribution >= 0.6 is 0 Å². The zero-order valence-electron chi connectivity index (χ0n) is 10.4. The number of sulfonamides is 1. The Morgan fingerprint density at radius 2 is 1.82 bits per heavy atom. The van der Waals surface area contributed by atoms with Crippen LogP contribution in [-0.2, 0) is 14.8 Å². The van der Waals surface area contributed by atoms with Crippen molar-refractivity contribution in [3.8, 4) is 0 Å². The average Bonchev–Trinajstić information content (AvgIpc) is 2.16. The van der Waals surface area contributed by atoms with Crippen molar-refractivity contribution in [3.05, 3.63) is 0 Å². The van der Waals surface area contributed by atoms with Crippen molar-refractivity contribution in [1.29, 1.82) is 0 Å². The summed E-state index contributed by atoms with van der Waals surface area (Å²) in [6.45, 7) is 3.19. The third-order valence-electron chi connectivity index (χ3n) is 3.28. The van der Waals surface area contributed by atoms with Crippen molar-refractivity contribution < 1.29 is 18.3 Å². The Bertz CT molecular complexity index is 369. The van der Waals surface area contributed by atoms with Crippen molar-refractivity contribution in [2.24, 2.45) is 0 Å². The summed E-state index contributed by atoms with van der Waals surface area (Å²) in [6.07, 6.45) is 3.92. The second-order valence-electron chi connectivity index (χ2n) is 5.11. The smallest absolute Gasteiger partial charge is 0.305 e. The van der Waals surface area contributed by atoms with Crippen molar-refractivity contribution in [1.82, 2.24) is 4.72 Å². The molecule has 0 aromatic heterocycles. The molecule has 1 saturated carbocycles. The molecule has 0 aromatic carbocycles. The van der Waals surface area contributed by atoms with Crippen molar-refractivity contribution in [3.63, 3.8) is 0 Å². The number of rotatable bonds is 5. The van der Waals surface area contributed by atoms with Crippen LogP contribution in [0.5, 0.6) is 0 Å². The van der Waals surface area contributed by atoms with Crippen molar-refractivity contribution in [2.45, 2.75) is 63.2 Å². The van der Waals surface area contributed by atoms with Gasteiger partial charge in [-0.2, -0.15) is 0 Å². The third-order valence-corrected chi connectivity index (χ3v) is 5.24. The molecule has 1 aliphatic rings. The van der Waals surface area contributed by atoms with Crippen LogP contribution in [0.1, 0.15) is 52.4 Å². The van der Waals surface area contributed by atoms with Gasteiger partial charge in [0.25, 0.3) is 0 Å². The van der Waals surface area contributed by atoms with Crippen LogP contribution in [-0.4, -0.2) is 30.3 Å². The van der Waals surface area contributed by atoms with Crippen LogP contribution in [0, 0.1) is 0 Å². The Kier molecular flexibility index (Phi) is 4.55. The van der Waals surface area contributed by atoms with Gasteiger partial charge in [0.1, 0.15) is 0 Å². The molecule has 5 nitrogen and oxygen atoms in total. The fraction of sp³-hybridized carbons (Fsp3) is 0.909. The second kappa shape index (κ2) is 5.35. The predicted molar refractivity (Wildman–Crippen MR) is 65.3 cm³/mol. The summed E-state index contributed by atoms with van der Waals surface area (Å²) >= 11 is 0. The van der Waals surface area contributed by atoms with Gasteiger partial charge in [0.05, 0.1) is 11.7 Å². The number of carbonyl (C=O) groups is 1. The van der Waals surface area contributed by atoms with Crippen LogP contribution in [0.4, 0.5) is 0 Å². The van der Waals surface area contributed by atoms with E-state index in [0.29, 0.717) is 12.8 Å². The predicted octanol–water partition coefficient (Wildman–Crippen LogP) is 1.49.